The van der Waals surface area contributed by atoms with Crippen LogP contribution in [0.5, 0.6) is 0 Å². The van der Waals surface area contributed by atoms with Crippen LogP contribution in [-0.2, 0) is 4.79 Å². The van der Waals surface area contributed by atoms with E-state index in [-0.39, 0.29) is 0 Å². The third-order valence-electron chi connectivity index (χ3n) is 3.78. The van der Waals surface area contributed by atoms with Crippen LogP contribution in [0.15, 0.2) is 36.5 Å². The second kappa shape index (κ2) is 18.7. The Hall–Kier alpha value is -1.31. The molecule has 0 heterocycles. The fourth-order valence-electron chi connectivity index (χ4n) is 2.36. The molecule has 0 saturated heterocycles. The molecule has 0 aromatic rings. The SMILES string of the molecule is CCCCCC=CCC=CCC=CCCCCCCCC(=O)O. The molecule has 0 unspecified atom stereocenters. The molecule has 0 fully saturated rings. The van der Waals surface area contributed by atoms with Crippen LogP contribution in [0.2, 0.25) is 0 Å². The van der Waals surface area contributed by atoms with E-state index >= 15 is 0 Å². The maximum Gasteiger partial charge on any atom is 0.303 e. The Labute approximate surface area is 143 Å². The topological polar surface area (TPSA) is 37.3 Å². The van der Waals surface area contributed by atoms with Gasteiger partial charge in [-0.15, -0.1) is 0 Å². The summed E-state index contributed by atoms with van der Waals surface area (Å²) in [4.78, 5) is 10.4. The lowest BCUT2D eigenvalue weighted by molar-refractivity contribution is -0.137. The van der Waals surface area contributed by atoms with E-state index in [1.807, 2.05) is 0 Å². The van der Waals surface area contributed by atoms with Crippen molar-refractivity contribution in [3.8, 4) is 0 Å². The van der Waals surface area contributed by atoms with Gasteiger partial charge in [0.1, 0.15) is 0 Å². The second-order valence-corrected chi connectivity index (χ2v) is 6.08. The van der Waals surface area contributed by atoms with Crippen LogP contribution in [0, 0.1) is 0 Å². The molecule has 132 valence electrons. The average molecular weight is 321 g/mol. The van der Waals surface area contributed by atoms with Gasteiger partial charge in [-0.25, -0.2) is 0 Å². The Morgan fingerprint density at radius 3 is 1.74 bits per heavy atom. The predicted octanol–water partition coefficient (Wildman–Crippen LogP) is 6.83. The quantitative estimate of drug-likeness (QED) is 0.250. The van der Waals surface area contributed by atoms with Gasteiger partial charge < -0.3 is 5.11 Å². The lowest BCUT2D eigenvalue weighted by Crippen LogP contribution is -1.93. The molecule has 0 rings (SSSR count). The molecule has 0 radical (unpaired) electrons. The van der Waals surface area contributed by atoms with Gasteiger partial charge in [0.2, 0.25) is 0 Å². The third kappa shape index (κ3) is 20.7. The largest absolute Gasteiger partial charge is 0.481 e. The molecule has 0 aromatic carbocycles. The Bertz CT molecular complexity index is 340. The Morgan fingerprint density at radius 1 is 0.696 bits per heavy atom. The van der Waals surface area contributed by atoms with Crippen molar-refractivity contribution in [3.05, 3.63) is 36.5 Å². The molecule has 0 aromatic heterocycles. The van der Waals surface area contributed by atoms with E-state index in [9.17, 15) is 4.79 Å². The van der Waals surface area contributed by atoms with Crippen LogP contribution in [0.1, 0.15) is 90.4 Å². The van der Waals surface area contributed by atoms with E-state index < -0.39 is 5.97 Å². The van der Waals surface area contributed by atoms with Gasteiger partial charge in [0.25, 0.3) is 0 Å². The molecular formula is C21H36O2. The zero-order valence-electron chi connectivity index (χ0n) is 15.0. The van der Waals surface area contributed by atoms with E-state index in [1.54, 1.807) is 0 Å². The number of aliphatic carboxylic acids is 1. The highest BCUT2D eigenvalue weighted by atomic mass is 16.4. The standard InChI is InChI=1S/C21H36O2/c1-2-3-4-5-6-7-8-9-10-11-12-13-14-15-16-17-18-19-20-21(22)23/h6-7,9-10,12-13H,2-5,8,11,14-20H2,1H3,(H,22,23). The van der Waals surface area contributed by atoms with Gasteiger partial charge in [0.15, 0.2) is 0 Å². The number of hydrogen-bond donors (Lipinski definition) is 1. The Morgan fingerprint density at radius 2 is 1.17 bits per heavy atom. The zero-order chi connectivity index (χ0) is 17.0. The summed E-state index contributed by atoms with van der Waals surface area (Å²) in [6, 6.07) is 0. The van der Waals surface area contributed by atoms with Gasteiger partial charge in [-0.3, -0.25) is 4.79 Å². The van der Waals surface area contributed by atoms with Crippen molar-refractivity contribution in [1.29, 1.82) is 0 Å². The summed E-state index contributed by atoms with van der Waals surface area (Å²) in [6.07, 6.45) is 27.7. The number of carboxylic acids is 1. The van der Waals surface area contributed by atoms with E-state index in [0.29, 0.717) is 6.42 Å². The Balaban J connectivity index is 3.27. The first kappa shape index (κ1) is 21.7. The fraction of sp³-hybridized carbons (Fsp3) is 0.667. The van der Waals surface area contributed by atoms with E-state index in [4.69, 9.17) is 5.11 Å². The molecule has 0 saturated carbocycles. The summed E-state index contributed by atoms with van der Waals surface area (Å²) < 4.78 is 0. The number of carbonyl (C=O) groups is 1. The molecular weight excluding hydrogens is 284 g/mol. The minimum Gasteiger partial charge on any atom is -0.481 e. The molecule has 0 aliphatic heterocycles. The van der Waals surface area contributed by atoms with E-state index in [2.05, 4.69) is 43.4 Å². The summed E-state index contributed by atoms with van der Waals surface area (Å²) in [7, 11) is 0. The maximum atomic E-state index is 10.4. The summed E-state index contributed by atoms with van der Waals surface area (Å²) in [5, 5.41) is 8.53. The van der Waals surface area contributed by atoms with Gasteiger partial charge in [0.05, 0.1) is 0 Å². The molecule has 0 spiro atoms. The molecule has 1 N–H and O–H groups in total. The van der Waals surface area contributed by atoms with Crippen LogP contribution in [-0.4, -0.2) is 11.1 Å². The lowest BCUT2D eigenvalue weighted by atomic mass is 10.1. The van der Waals surface area contributed by atoms with Crippen molar-refractivity contribution in [2.45, 2.75) is 90.4 Å². The van der Waals surface area contributed by atoms with E-state index in [1.165, 1.54) is 38.5 Å². The summed E-state index contributed by atoms with van der Waals surface area (Å²) >= 11 is 0. The molecule has 2 nitrogen and oxygen atoms in total. The molecule has 0 bridgehead atoms. The molecule has 23 heavy (non-hydrogen) atoms. The van der Waals surface area contributed by atoms with Crippen molar-refractivity contribution in [2.24, 2.45) is 0 Å². The number of unbranched alkanes of at least 4 members (excludes halogenated alkanes) is 8. The van der Waals surface area contributed by atoms with Gasteiger partial charge >= 0.3 is 5.97 Å². The molecule has 0 atom stereocenters. The smallest absolute Gasteiger partial charge is 0.303 e. The summed E-state index contributed by atoms with van der Waals surface area (Å²) in [5.41, 5.74) is 0. The van der Waals surface area contributed by atoms with Gasteiger partial charge in [-0.05, 0) is 44.9 Å². The minimum atomic E-state index is -0.673. The third-order valence-corrected chi connectivity index (χ3v) is 3.78. The predicted molar refractivity (Wildman–Crippen MR) is 101 cm³/mol. The van der Waals surface area contributed by atoms with Crippen LogP contribution in [0.4, 0.5) is 0 Å². The van der Waals surface area contributed by atoms with Crippen LogP contribution < -0.4 is 0 Å². The molecule has 2 heteroatoms. The molecule has 0 aliphatic carbocycles. The molecule has 0 aliphatic rings. The highest BCUT2D eigenvalue weighted by molar-refractivity contribution is 5.66. The maximum absolute atomic E-state index is 10.4. The highest BCUT2D eigenvalue weighted by Crippen LogP contribution is 2.08. The monoisotopic (exact) mass is 320 g/mol. The highest BCUT2D eigenvalue weighted by Gasteiger charge is 1.95. The molecule has 0 amide bonds. The van der Waals surface area contributed by atoms with Gasteiger partial charge in [-0.2, -0.15) is 0 Å². The number of carboxylic acid groups (broad SMARTS) is 1. The van der Waals surface area contributed by atoms with Crippen LogP contribution in [0.25, 0.3) is 0 Å². The van der Waals surface area contributed by atoms with Crippen molar-refractivity contribution in [2.75, 3.05) is 0 Å². The number of allylic oxidation sites excluding steroid dienone is 6. The van der Waals surface area contributed by atoms with Gasteiger partial charge in [-0.1, -0.05) is 75.5 Å². The fourth-order valence-corrected chi connectivity index (χ4v) is 2.36. The second-order valence-electron chi connectivity index (χ2n) is 6.08. The zero-order valence-corrected chi connectivity index (χ0v) is 15.0. The Kier molecular flexibility index (Phi) is 17.7. The van der Waals surface area contributed by atoms with Crippen LogP contribution >= 0.6 is 0 Å². The summed E-state index contributed by atoms with van der Waals surface area (Å²) in [6.45, 7) is 2.24. The first-order valence-electron chi connectivity index (χ1n) is 9.44. The number of hydrogen-bond acceptors (Lipinski definition) is 1. The normalized spacial score (nSPS) is 12.0. The van der Waals surface area contributed by atoms with Crippen molar-refractivity contribution in [3.63, 3.8) is 0 Å². The van der Waals surface area contributed by atoms with Crippen molar-refractivity contribution in [1.82, 2.24) is 0 Å². The lowest BCUT2D eigenvalue weighted by Gasteiger charge is -1.98. The minimum absolute atomic E-state index is 0.320. The van der Waals surface area contributed by atoms with E-state index in [0.717, 1.165) is 38.5 Å². The van der Waals surface area contributed by atoms with Crippen molar-refractivity contribution >= 4 is 5.97 Å². The average Bonchev–Trinajstić information content (AvgIpc) is 2.53. The van der Waals surface area contributed by atoms with Crippen LogP contribution in [0.3, 0.4) is 0 Å². The van der Waals surface area contributed by atoms with Crippen molar-refractivity contribution < 1.29 is 9.90 Å². The summed E-state index contributed by atoms with van der Waals surface area (Å²) in [5.74, 6) is -0.673. The first-order valence-corrected chi connectivity index (χ1v) is 9.44. The number of rotatable bonds is 16. The van der Waals surface area contributed by atoms with Gasteiger partial charge in [0, 0.05) is 6.42 Å². The first-order chi connectivity index (χ1) is 11.3.